The predicted molar refractivity (Wildman–Crippen MR) is 85.6 cm³/mol. The van der Waals surface area contributed by atoms with Gasteiger partial charge in [0.2, 0.25) is 0 Å². The lowest BCUT2D eigenvalue weighted by molar-refractivity contribution is -0.117. The third kappa shape index (κ3) is 4.38. The van der Waals surface area contributed by atoms with Crippen LogP contribution in [0.1, 0.15) is 15.9 Å². The van der Waals surface area contributed by atoms with E-state index in [1.807, 2.05) is 5.43 Å². The van der Waals surface area contributed by atoms with Crippen LogP contribution in [0.15, 0.2) is 54.2 Å². The van der Waals surface area contributed by atoms with Gasteiger partial charge >= 0.3 is 0 Å². The van der Waals surface area contributed by atoms with Crippen molar-refractivity contribution in [2.24, 2.45) is 5.84 Å². The van der Waals surface area contributed by atoms with Gasteiger partial charge in [0.1, 0.15) is 11.5 Å². The van der Waals surface area contributed by atoms with Crippen LogP contribution in [0.4, 0.5) is 4.39 Å². The molecule has 0 heterocycles. The summed E-state index contributed by atoms with van der Waals surface area (Å²) in [6, 6.07) is 12.0. The number of nitrogens with one attached hydrogen (secondary N) is 2. The number of hydrazine groups is 1. The number of carbonyl (C=O) groups is 2. The van der Waals surface area contributed by atoms with Crippen molar-refractivity contribution in [3.8, 4) is 0 Å². The van der Waals surface area contributed by atoms with Crippen LogP contribution in [-0.2, 0) is 4.79 Å². The van der Waals surface area contributed by atoms with Crippen molar-refractivity contribution in [3.05, 3.63) is 76.2 Å². The first kappa shape index (κ1) is 16.7. The first-order valence-corrected chi connectivity index (χ1v) is 6.93. The molecule has 0 saturated heterocycles. The highest BCUT2D eigenvalue weighted by molar-refractivity contribution is 6.30. The van der Waals surface area contributed by atoms with Gasteiger partial charge < -0.3 is 5.32 Å². The molecule has 0 bridgehead atoms. The molecule has 118 valence electrons. The molecule has 4 N–H and O–H groups in total. The van der Waals surface area contributed by atoms with E-state index >= 15 is 0 Å². The Bertz CT molecular complexity index is 760. The summed E-state index contributed by atoms with van der Waals surface area (Å²) < 4.78 is 13.6. The Morgan fingerprint density at radius 2 is 1.74 bits per heavy atom. The van der Waals surface area contributed by atoms with Gasteiger partial charge in [-0.2, -0.15) is 0 Å². The topological polar surface area (TPSA) is 84.2 Å². The summed E-state index contributed by atoms with van der Waals surface area (Å²) in [6.07, 6.45) is 1.40. The van der Waals surface area contributed by atoms with Gasteiger partial charge in [0.25, 0.3) is 11.8 Å². The van der Waals surface area contributed by atoms with E-state index in [4.69, 9.17) is 17.4 Å². The maximum atomic E-state index is 13.6. The van der Waals surface area contributed by atoms with Crippen molar-refractivity contribution in [1.29, 1.82) is 0 Å². The van der Waals surface area contributed by atoms with E-state index in [0.29, 0.717) is 10.6 Å². The summed E-state index contributed by atoms with van der Waals surface area (Å²) in [5.74, 6) is 2.94. The Kier molecular flexibility index (Phi) is 5.46. The molecule has 0 unspecified atom stereocenters. The van der Waals surface area contributed by atoms with Crippen molar-refractivity contribution in [2.45, 2.75) is 0 Å². The number of benzene rings is 2. The first-order chi connectivity index (χ1) is 11.0. The number of hydrogen-bond donors (Lipinski definition) is 3. The molecule has 0 radical (unpaired) electrons. The lowest BCUT2D eigenvalue weighted by atomic mass is 10.1. The average molecular weight is 334 g/mol. The zero-order chi connectivity index (χ0) is 16.8. The van der Waals surface area contributed by atoms with Gasteiger partial charge in [-0.3, -0.25) is 15.0 Å². The predicted octanol–water partition coefficient (Wildman–Crippen LogP) is 2.24. The Hall–Kier alpha value is -2.70. The number of amides is 2. The number of hydrogen-bond acceptors (Lipinski definition) is 3. The number of carbonyl (C=O) groups excluding carboxylic acids is 2. The van der Waals surface area contributed by atoms with Gasteiger partial charge in [0, 0.05) is 5.02 Å². The molecule has 23 heavy (non-hydrogen) atoms. The molecule has 2 rings (SSSR count). The molecule has 0 spiro atoms. The molecule has 5 nitrogen and oxygen atoms in total. The van der Waals surface area contributed by atoms with E-state index in [0.717, 1.165) is 6.07 Å². The van der Waals surface area contributed by atoms with E-state index < -0.39 is 17.6 Å². The van der Waals surface area contributed by atoms with Crippen LogP contribution >= 0.6 is 11.6 Å². The minimum absolute atomic E-state index is 0.122. The fraction of sp³-hybridized carbons (Fsp3) is 0. The van der Waals surface area contributed by atoms with Crippen LogP contribution < -0.4 is 16.6 Å². The van der Waals surface area contributed by atoms with Gasteiger partial charge in [-0.1, -0.05) is 35.9 Å². The molecule has 0 aromatic heterocycles. The molecular formula is C16H13ClFN3O2. The highest BCUT2D eigenvalue weighted by Gasteiger charge is 2.16. The maximum Gasteiger partial charge on any atom is 0.281 e. The molecule has 2 amide bonds. The van der Waals surface area contributed by atoms with E-state index in [2.05, 4.69) is 5.32 Å². The van der Waals surface area contributed by atoms with Crippen molar-refractivity contribution in [1.82, 2.24) is 10.7 Å². The second-order valence-electron chi connectivity index (χ2n) is 4.52. The van der Waals surface area contributed by atoms with Crippen molar-refractivity contribution in [2.75, 3.05) is 0 Å². The number of rotatable bonds is 4. The van der Waals surface area contributed by atoms with Gasteiger partial charge in [0.15, 0.2) is 0 Å². The highest BCUT2D eigenvalue weighted by atomic mass is 35.5. The summed E-state index contributed by atoms with van der Waals surface area (Å²) in [4.78, 5) is 23.9. The molecule has 0 atom stereocenters. The Morgan fingerprint density at radius 1 is 1.09 bits per heavy atom. The van der Waals surface area contributed by atoms with Crippen LogP contribution in [0.5, 0.6) is 0 Å². The van der Waals surface area contributed by atoms with Gasteiger partial charge in [-0.25, -0.2) is 10.2 Å². The number of nitrogens with two attached hydrogens (primary N) is 1. The third-order valence-electron chi connectivity index (χ3n) is 2.92. The molecule has 0 aliphatic rings. The summed E-state index contributed by atoms with van der Waals surface area (Å²) in [7, 11) is 0. The molecule has 0 aliphatic carbocycles. The minimum Gasteiger partial charge on any atom is -0.317 e. The molecule has 2 aromatic rings. The molecule has 7 heteroatoms. The molecular weight excluding hydrogens is 321 g/mol. The zero-order valence-electron chi connectivity index (χ0n) is 11.8. The van der Waals surface area contributed by atoms with Crippen LogP contribution in [0.2, 0.25) is 5.02 Å². The summed E-state index contributed by atoms with van der Waals surface area (Å²) in [5, 5.41) is 2.88. The normalized spacial score (nSPS) is 11.0. The maximum absolute atomic E-state index is 13.6. The monoisotopic (exact) mass is 333 g/mol. The smallest absolute Gasteiger partial charge is 0.281 e. The Balaban J connectivity index is 2.29. The summed E-state index contributed by atoms with van der Waals surface area (Å²) >= 11 is 5.79. The van der Waals surface area contributed by atoms with E-state index in [-0.39, 0.29) is 11.3 Å². The van der Waals surface area contributed by atoms with Crippen LogP contribution in [0, 0.1) is 5.82 Å². The second kappa shape index (κ2) is 7.53. The van der Waals surface area contributed by atoms with Crippen molar-refractivity contribution >= 4 is 29.5 Å². The van der Waals surface area contributed by atoms with E-state index in [1.54, 1.807) is 24.3 Å². The molecule has 0 fully saturated rings. The van der Waals surface area contributed by atoms with Crippen molar-refractivity contribution in [3.63, 3.8) is 0 Å². The largest absolute Gasteiger partial charge is 0.317 e. The fourth-order valence-corrected chi connectivity index (χ4v) is 1.92. The summed E-state index contributed by atoms with van der Waals surface area (Å²) in [5.41, 5.74) is 2.24. The number of halogens is 2. The van der Waals surface area contributed by atoms with Crippen molar-refractivity contribution < 1.29 is 14.0 Å². The lowest BCUT2D eigenvalue weighted by Crippen LogP contribution is -2.38. The summed E-state index contributed by atoms with van der Waals surface area (Å²) in [6.45, 7) is 0. The SMILES string of the molecule is NNC(=O)C(=Cc1ccc(Cl)cc1)NC(=O)c1ccccc1F. The zero-order valence-corrected chi connectivity index (χ0v) is 12.6. The quantitative estimate of drug-likeness (QED) is 0.347. The van der Waals surface area contributed by atoms with Crippen LogP contribution in [0.25, 0.3) is 6.08 Å². The average Bonchev–Trinajstić information content (AvgIpc) is 2.55. The van der Waals surface area contributed by atoms with Gasteiger partial charge in [-0.15, -0.1) is 0 Å². The lowest BCUT2D eigenvalue weighted by Gasteiger charge is -2.09. The second-order valence-corrected chi connectivity index (χ2v) is 4.95. The Morgan fingerprint density at radius 3 is 2.35 bits per heavy atom. The minimum atomic E-state index is -0.757. The fourth-order valence-electron chi connectivity index (χ4n) is 1.80. The first-order valence-electron chi connectivity index (χ1n) is 6.55. The van der Waals surface area contributed by atoms with Crippen LogP contribution in [0.3, 0.4) is 0 Å². The molecule has 2 aromatic carbocycles. The standard InChI is InChI=1S/C16H13ClFN3O2/c17-11-7-5-10(6-8-11)9-14(16(23)21-19)20-15(22)12-3-1-2-4-13(12)18/h1-9H,19H2,(H,20,22)(H,21,23). The van der Waals surface area contributed by atoms with Gasteiger partial charge in [-0.05, 0) is 35.9 Å². The highest BCUT2D eigenvalue weighted by Crippen LogP contribution is 2.13. The van der Waals surface area contributed by atoms with E-state index in [1.165, 1.54) is 24.3 Å². The Labute approximate surface area is 136 Å². The van der Waals surface area contributed by atoms with Gasteiger partial charge in [0.05, 0.1) is 5.56 Å². The molecule has 0 aliphatic heterocycles. The third-order valence-corrected chi connectivity index (χ3v) is 3.18. The van der Waals surface area contributed by atoms with E-state index in [9.17, 15) is 14.0 Å². The van der Waals surface area contributed by atoms with Crippen LogP contribution in [-0.4, -0.2) is 11.8 Å². The molecule has 0 saturated carbocycles.